The molecule has 0 bridgehead atoms. The van der Waals surface area contributed by atoms with Crippen molar-refractivity contribution >= 4 is 16.1 Å². The molecule has 0 amide bonds. The van der Waals surface area contributed by atoms with Gasteiger partial charge in [0.25, 0.3) is 0 Å². The predicted molar refractivity (Wildman–Crippen MR) is 264 cm³/mol. The molecule has 0 spiro atoms. The van der Waals surface area contributed by atoms with Crippen LogP contribution in [-0.4, -0.2) is 16.1 Å². The maximum Gasteiger partial charge on any atom is 0.0808 e. The fraction of sp³-hybridized carbons (Fsp3) is 0.571. The van der Waals surface area contributed by atoms with Crippen molar-refractivity contribution in [3.05, 3.63) is 90.3 Å². The molecule has 2 heteroatoms. The highest BCUT2D eigenvalue weighted by molar-refractivity contribution is 6.89. The summed E-state index contributed by atoms with van der Waals surface area (Å²) in [5, 5.41) is 2.97. The van der Waals surface area contributed by atoms with Crippen LogP contribution in [0.15, 0.2) is 45.8 Å². The Hall–Kier alpha value is -3.41. The summed E-state index contributed by atoms with van der Waals surface area (Å²) in [6, 6.07) is 9.65. The van der Waals surface area contributed by atoms with Crippen molar-refractivity contribution in [1.82, 2.24) is 0 Å². The minimum Gasteiger partial charge on any atom is -0.101 e. The highest BCUT2D eigenvalue weighted by Gasteiger charge is 2.41. The van der Waals surface area contributed by atoms with E-state index in [-0.39, 0.29) is 0 Å². The summed E-state index contributed by atoms with van der Waals surface area (Å²) in [6.45, 7) is 28.1. The van der Waals surface area contributed by atoms with Crippen molar-refractivity contribution in [1.29, 1.82) is 0 Å². The van der Waals surface area contributed by atoms with Crippen molar-refractivity contribution in [2.75, 3.05) is 0 Å². The first-order chi connectivity index (χ1) is 27.8. The lowest BCUT2D eigenvalue weighted by Gasteiger charge is -2.38. The summed E-state index contributed by atoms with van der Waals surface area (Å²) >= 11 is 0. The molecular weight excluding hydrogens is 729 g/mol. The van der Waals surface area contributed by atoms with E-state index in [9.17, 15) is 0 Å². The zero-order valence-corrected chi connectivity index (χ0v) is 41.5. The van der Waals surface area contributed by atoms with Gasteiger partial charge in [0.1, 0.15) is 0 Å². The number of hydrogen-bond acceptors (Lipinski definition) is 0. The van der Waals surface area contributed by atoms with Crippen LogP contribution >= 0.6 is 0 Å². The van der Waals surface area contributed by atoms with Crippen molar-refractivity contribution in [2.45, 2.75) is 209 Å². The SMILES string of the molecule is CC#Cc1cc(CCCCCC)c(C#CC2=C([Si](C)(C)C)C(C#Cc3cc(CCCCCC)c(C#CC)cc3CCCCCC)=C2[Si](C)(C)C)cc1CCCCCC. The first kappa shape index (κ1) is 49.0. The van der Waals surface area contributed by atoms with Gasteiger partial charge >= 0.3 is 0 Å². The summed E-state index contributed by atoms with van der Waals surface area (Å²) < 4.78 is 0. The summed E-state index contributed by atoms with van der Waals surface area (Å²) in [7, 11) is -3.59. The van der Waals surface area contributed by atoms with Crippen molar-refractivity contribution < 1.29 is 0 Å². The highest BCUT2D eigenvalue weighted by atomic mass is 28.3. The van der Waals surface area contributed by atoms with Gasteiger partial charge in [-0.1, -0.05) is 180 Å². The molecule has 0 aromatic heterocycles. The van der Waals surface area contributed by atoms with E-state index in [1.807, 2.05) is 13.8 Å². The van der Waals surface area contributed by atoms with Crippen LogP contribution in [0.3, 0.4) is 0 Å². The van der Waals surface area contributed by atoms with Crippen LogP contribution < -0.4 is 0 Å². The van der Waals surface area contributed by atoms with Crippen LogP contribution in [0.2, 0.25) is 39.3 Å². The van der Waals surface area contributed by atoms with Crippen LogP contribution in [-0.2, 0) is 25.7 Å². The smallest absolute Gasteiger partial charge is 0.0808 e. The Labute approximate surface area is 361 Å². The van der Waals surface area contributed by atoms with Crippen LogP contribution in [0.4, 0.5) is 0 Å². The molecule has 2 aromatic carbocycles. The Bertz CT molecular complexity index is 1820. The molecule has 2 aromatic rings. The topological polar surface area (TPSA) is 0 Å². The minimum atomic E-state index is -1.79. The Morgan fingerprint density at radius 1 is 0.345 bits per heavy atom. The molecule has 3 rings (SSSR count). The van der Waals surface area contributed by atoms with Crippen molar-refractivity contribution in [2.24, 2.45) is 0 Å². The Kier molecular flexibility index (Phi) is 21.3. The lowest BCUT2D eigenvalue weighted by Crippen LogP contribution is -2.39. The Balaban J connectivity index is 2.22. The third kappa shape index (κ3) is 15.0. The number of rotatable bonds is 22. The van der Waals surface area contributed by atoms with E-state index >= 15 is 0 Å². The van der Waals surface area contributed by atoms with Crippen molar-refractivity contribution in [3.8, 4) is 47.4 Å². The lowest BCUT2D eigenvalue weighted by molar-refractivity contribution is 0.662. The minimum absolute atomic E-state index is 1.07. The van der Waals surface area contributed by atoms with E-state index in [4.69, 9.17) is 0 Å². The molecule has 58 heavy (non-hydrogen) atoms. The molecule has 0 nitrogen and oxygen atoms in total. The molecule has 312 valence electrons. The maximum absolute atomic E-state index is 3.91. The van der Waals surface area contributed by atoms with Gasteiger partial charge in [0.05, 0.1) is 16.1 Å². The molecule has 0 fully saturated rings. The van der Waals surface area contributed by atoms with Gasteiger partial charge in [-0.2, -0.15) is 0 Å². The van der Waals surface area contributed by atoms with Crippen LogP contribution in [0.5, 0.6) is 0 Å². The zero-order chi connectivity index (χ0) is 42.6. The molecule has 0 N–H and O–H groups in total. The predicted octanol–water partition coefficient (Wildman–Crippen LogP) is 15.7. The zero-order valence-electron chi connectivity index (χ0n) is 39.5. The van der Waals surface area contributed by atoms with Gasteiger partial charge in [-0.05, 0) is 122 Å². The maximum atomic E-state index is 3.91. The third-order valence-corrected chi connectivity index (χ3v) is 15.5. The van der Waals surface area contributed by atoms with Gasteiger partial charge in [0.2, 0.25) is 0 Å². The monoisotopic (exact) mass is 809 g/mol. The van der Waals surface area contributed by atoms with Gasteiger partial charge in [-0.25, -0.2) is 0 Å². The summed E-state index contributed by atoms with van der Waals surface area (Å²) in [4.78, 5) is 0. The lowest BCUT2D eigenvalue weighted by atomic mass is 9.91. The standard InChI is InChI=1S/C56H80Si2/c1-13-19-23-27-33-47-43-51(49(35-29-25-21-15-3)41-45(47)31-17-5)37-39-53-55(57(7,8)9)54(56(53)58(10,11)12)40-38-52-44-48(34-28-24-20-14-2)46(32-18-6)42-50(52)36-30-26-22-16-4/h41-44H,13-16,19-30,33-36H2,1-12H3. The summed E-state index contributed by atoms with van der Waals surface area (Å²) in [5.41, 5.74) is 13.0. The third-order valence-electron chi connectivity index (χ3n) is 11.5. The van der Waals surface area contributed by atoms with E-state index in [0.717, 1.165) is 25.7 Å². The normalized spacial score (nSPS) is 12.5. The number of hydrogen-bond donors (Lipinski definition) is 0. The molecule has 0 heterocycles. The second-order valence-electron chi connectivity index (χ2n) is 18.8. The average molecular weight is 809 g/mol. The van der Waals surface area contributed by atoms with Crippen LogP contribution in [0, 0.1) is 47.4 Å². The van der Waals surface area contributed by atoms with Gasteiger partial charge in [-0.15, -0.1) is 11.8 Å². The number of allylic oxidation sites excluding steroid dienone is 4. The van der Waals surface area contributed by atoms with Crippen molar-refractivity contribution in [3.63, 3.8) is 0 Å². The number of benzene rings is 2. The molecular formula is C56H80Si2. The van der Waals surface area contributed by atoms with Gasteiger partial charge < -0.3 is 0 Å². The Morgan fingerprint density at radius 2 is 0.603 bits per heavy atom. The fourth-order valence-electron chi connectivity index (χ4n) is 8.36. The summed E-state index contributed by atoms with van der Waals surface area (Å²) in [6.07, 6.45) is 24.3. The quantitative estimate of drug-likeness (QED) is 0.0631. The van der Waals surface area contributed by atoms with Gasteiger partial charge in [0.15, 0.2) is 0 Å². The molecule has 0 unspecified atom stereocenters. The first-order valence-electron chi connectivity index (χ1n) is 23.6. The largest absolute Gasteiger partial charge is 0.101 e. The second-order valence-corrected chi connectivity index (χ2v) is 28.8. The van der Waals surface area contributed by atoms with Gasteiger partial charge in [0, 0.05) is 33.4 Å². The highest BCUT2D eigenvalue weighted by Crippen LogP contribution is 2.45. The van der Waals surface area contributed by atoms with E-state index in [0.29, 0.717) is 0 Å². The molecule has 0 atom stereocenters. The molecule has 0 saturated heterocycles. The Morgan fingerprint density at radius 3 is 0.828 bits per heavy atom. The number of unbranched alkanes of at least 4 members (excludes halogenated alkanes) is 12. The average Bonchev–Trinajstić information content (AvgIpc) is 3.15. The first-order valence-corrected chi connectivity index (χ1v) is 30.6. The molecule has 0 radical (unpaired) electrons. The van der Waals surface area contributed by atoms with Crippen LogP contribution in [0.1, 0.15) is 189 Å². The molecule has 0 aliphatic heterocycles. The number of aryl methyl sites for hydroxylation is 4. The summed E-state index contributed by atoms with van der Waals surface area (Å²) in [5.74, 6) is 29.0. The second kappa shape index (κ2) is 25.3. The van der Waals surface area contributed by atoms with E-state index in [1.165, 1.54) is 169 Å². The van der Waals surface area contributed by atoms with E-state index in [2.05, 4.69) is 139 Å². The van der Waals surface area contributed by atoms with E-state index in [1.54, 1.807) is 0 Å². The van der Waals surface area contributed by atoms with Crippen LogP contribution in [0.25, 0.3) is 0 Å². The fourth-order valence-corrected chi connectivity index (χ4v) is 12.4. The van der Waals surface area contributed by atoms with Gasteiger partial charge in [-0.3, -0.25) is 0 Å². The molecule has 1 aliphatic rings. The van der Waals surface area contributed by atoms with E-state index < -0.39 is 16.1 Å². The molecule has 0 saturated carbocycles. The molecule has 1 aliphatic carbocycles.